The van der Waals surface area contributed by atoms with Gasteiger partial charge in [0.05, 0.1) is 42.2 Å². The van der Waals surface area contributed by atoms with Crippen molar-refractivity contribution in [2.24, 2.45) is 0 Å². The zero-order valence-electron chi connectivity index (χ0n) is 23.0. The van der Waals surface area contributed by atoms with E-state index in [1.54, 1.807) is 24.1 Å². The van der Waals surface area contributed by atoms with E-state index < -0.39 is 35.8 Å². The van der Waals surface area contributed by atoms with Gasteiger partial charge in [-0.2, -0.15) is 0 Å². The van der Waals surface area contributed by atoms with Gasteiger partial charge >= 0.3 is 0 Å². The maximum absolute atomic E-state index is 13.5. The van der Waals surface area contributed by atoms with Gasteiger partial charge in [-0.15, -0.1) is 0 Å². The predicted molar refractivity (Wildman–Crippen MR) is 148 cm³/mol. The number of rotatable bonds is 5. The van der Waals surface area contributed by atoms with E-state index in [0.29, 0.717) is 23.6 Å². The molecule has 5 heterocycles. The van der Waals surface area contributed by atoms with E-state index in [1.165, 1.54) is 6.20 Å². The SMILES string of the molecule is Cc1cncc(C(=O)NC[C@@H]2NC(=N)N3CC(NC(=O)c4cccc5c4OCCC5(C)C)[C@@H](O)C34NC(=N)NC24)n1. The van der Waals surface area contributed by atoms with E-state index in [1.807, 2.05) is 12.1 Å². The Bertz CT molecular complexity index is 1450. The van der Waals surface area contributed by atoms with E-state index in [2.05, 4.69) is 50.4 Å². The van der Waals surface area contributed by atoms with Gasteiger partial charge in [0.15, 0.2) is 17.6 Å². The van der Waals surface area contributed by atoms with Crippen molar-refractivity contribution < 1.29 is 19.4 Å². The third kappa shape index (κ3) is 4.29. The summed E-state index contributed by atoms with van der Waals surface area (Å²) in [6.07, 6.45) is 2.56. The molecule has 41 heavy (non-hydrogen) atoms. The van der Waals surface area contributed by atoms with E-state index in [9.17, 15) is 14.7 Å². The zero-order chi connectivity index (χ0) is 29.1. The normalized spacial score (nSPS) is 29.1. The molecule has 0 saturated carbocycles. The number of nitrogens with zero attached hydrogens (tertiary/aromatic N) is 3. The second-order valence-corrected chi connectivity index (χ2v) is 11.6. The number of aromatic nitrogens is 2. The van der Waals surface area contributed by atoms with Gasteiger partial charge in [0, 0.05) is 24.8 Å². The van der Waals surface area contributed by atoms with Gasteiger partial charge in [-0.1, -0.05) is 26.0 Å². The molecule has 2 aromatic rings. The Morgan fingerprint density at radius 3 is 2.80 bits per heavy atom. The summed E-state index contributed by atoms with van der Waals surface area (Å²) in [5.41, 5.74) is 0.678. The first-order valence-electron chi connectivity index (χ1n) is 13.6. The van der Waals surface area contributed by atoms with Crippen molar-refractivity contribution in [3.05, 3.63) is 53.1 Å². The first kappa shape index (κ1) is 26.7. The van der Waals surface area contributed by atoms with E-state index in [4.69, 9.17) is 15.6 Å². The van der Waals surface area contributed by atoms with Crippen molar-refractivity contribution in [3.63, 3.8) is 0 Å². The molecule has 0 aliphatic carbocycles. The molecule has 6 rings (SSSR count). The molecule has 1 aromatic carbocycles. The molecule has 1 aromatic heterocycles. The number of nitrogens with one attached hydrogen (secondary N) is 7. The summed E-state index contributed by atoms with van der Waals surface area (Å²) < 4.78 is 5.92. The molecule has 4 aliphatic rings. The quantitative estimate of drug-likeness (QED) is 0.227. The largest absolute Gasteiger partial charge is 0.492 e. The molecule has 3 fully saturated rings. The Morgan fingerprint density at radius 1 is 1.22 bits per heavy atom. The third-order valence-electron chi connectivity index (χ3n) is 8.50. The molecular formula is C27H34N10O4. The fourth-order valence-corrected chi connectivity index (χ4v) is 6.36. The number of aliphatic hydroxyl groups is 1. The highest BCUT2D eigenvalue weighted by atomic mass is 16.5. The lowest BCUT2D eigenvalue weighted by molar-refractivity contribution is 0.00611. The standard InChI is InChI=1S/C27H34N10O4/c1-13-9-30-10-17(32-13)23(40)31-11-16-20-27(36-24(28)35-20)21(38)18(12-37(27)25(29)34-16)33-22(39)14-5-4-6-15-19(14)41-8-7-26(15,2)3/h4-6,9-10,16,18,20-21,38H,7-8,11-12H2,1-3H3,(H2,29,34)(H,31,40)(H,33,39)(H3,28,35,36)/t16-,18?,20?,21+,27?/m0/s1. The first-order valence-corrected chi connectivity index (χ1v) is 13.6. The molecule has 2 amide bonds. The van der Waals surface area contributed by atoms with Gasteiger partial charge < -0.3 is 41.3 Å². The Hall–Kier alpha value is -4.46. The fourth-order valence-electron chi connectivity index (χ4n) is 6.36. The topological polar surface area (TPSA) is 200 Å². The van der Waals surface area contributed by atoms with Crippen LogP contribution in [0.4, 0.5) is 0 Å². The maximum Gasteiger partial charge on any atom is 0.271 e. The van der Waals surface area contributed by atoms with Crippen LogP contribution in [-0.2, 0) is 5.41 Å². The van der Waals surface area contributed by atoms with Crippen LogP contribution in [0.2, 0.25) is 0 Å². The Kier molecular flexibility index (Phi) is 6.25. The number of benzene rings is 1. The number of aryl methyl sites for hydroxylation is 1. The Morgan fingerprint density at radius 2 is 2.02 bits per heavy atom. The lowest BCUT2D eigenvalue weighted by Gasteiger charge is -2.49. The Balaban J connectivity index is 1.22. The van der Waals surface area contributed by atoms with Crippen LogP contribution < -0.4 is 31.3 Å². The average molecular weight is 563 g/mol. The summed E-state index contributed by atoms with van der Waals surface area (Å²) in [4.78, 5) is 36.1. The van der Waals surface area contributed by atoms with Crippen molar-refractivity contribution >= 4 is 23.7 Å². The number of para-hydroxylation sites is 1. The van der Waals surface area contributed by atoms with Crippen molar-refractivity contribution in [2.45, 2.75) is 62.5 Å². The van der Waals surface area contributed by atoms with Crippen LogP contribution in [0.25, 0.3) is 0 Å². The van der Waals surface area contributed by atoms with Crippen LogP contribution in [0, 0.1) is 17.7 Å². The summed E-state index contributed by atoms with van der Waals surface area (Å²) in [6, 6.07) is 3.54. The minimum atomic E-state index is -1.30. The molecule has 8 N–H and O–H groups in total. The van der Waals surface area contributed by atoms with Crippen LogP contribution >= 0.6 is 0 Å². The summed E-state index contributed by atoms with van der Waals surface area (Å²) in [6.45, 7) is 6.68. The highest BCUT2D eigenvalue weighted by Gasteiger charge is 2.66. The highest BCUT2D eigenvalue weighted by Crippen LogP contribution is 2.41. The van der Waals surface area contributed by atoms with Crippen LogP contribution in [-0.4, -0.2) is 93.3 Å². The second-order valence-electron chi connectivity index (χ2n) is 11.6. The predicted octanol–water partition coefficient (Wildman–Crippen LogP) is -0.851. The summed E-state index contributed by atoms with van der Waals surface area (Å²) in [5, 5.41) is 43.7. The summed E-state index contributed by atoms with van der Waals surface area (Å²) >= 11 is 0. The minimum Gasteiger partial charge on any atom is -0.492 e. The number of hydrogen-bond acceptors (Lipinski definition) is 8. The second kappa shape index (κ2) is 9.58. The lowest BCUT2D eigenvalue weighted by Crippen LogP contribution is -2.78. The molecule has 3 unspecified atom stereocenters. The molecular weight excluding hydrogens is 528 g/mol. The smallest absolute Gasteiger partial charge is 0.271 e. The Labute approximate surface area is 236 Å². The van der Waals surface area contributed by atoms with Crippen molar-refractivity contribution in [1.82, 2.24) is 41.5 Å². The number of fused-ring (bicyclic) bond motifs is 1. The molecule has 14 nitrogen and oxygen atoms in total. The van der Waals surface area contributed by atoms with Crippen molar-refractivity contribution in [3.8, 4) is 5.75 Å². The third-order valence-corrected chi connectivity index (χ3v) is 8.50. The minimum absolute atomic E-state index is 0.00202. The molecule has 5 atom stereocenters. The maximum atomic E-state index is 13.5. The van der Waals surface area contributed by atoms with Gasteiger partial charge in [0.1, 0.15) is 17.5 Å². The monoisotopic (exact) mass is 562 g/mol. The van der Waals surface area contributed by atoms with E-state index >= 15 is 0 Å². The number of carbonyl (C=O) groups excluding carboxylic acids is 2. The van der Waals surface area contributed by atoms with Crippen LogP contribution in [0.1, 0.15) is 52.4 Å². The van der Waals surface area contributed by atoms with Gasteiger partial charge in [-0.05, 0) is 24.8 Å². The van der Waals surface area contributed by atoms with Crippen LogP contribution in [0.5, 0.6) is 5.75 Å². The number of amides is 2. The van der Waals surface area contributed by atoms with E-state index in [0.717, 1.165) is 12.0 Å². The molecule has 0 radical (unpaired) electrons. The molecule has 0 bridgehead atoms. The zero-order valence-corrected chi connectivity index (χ0v) is 23.0. The lowest BCUT2D eigenvalue weighted by atomic mass is 9.79. The number of ether oxygens (including phenoxy) is 1. The molecule has 14 heteroatoms. The highest BCUT2D eigenvalue weighted by molar-refractivity contribution is 5.98. The molecule has 216 valence electrons. The summed E-state index contributed by atoms with van der Waals surface area (Å²) in [5.74, 6) is -0.303. The van der Waals surface area contributed by atoms with Gasteiger partial charge in [0.2, 0.25) is 0 Å². The number of guanidine groups is 2. The van der Waals surface area contributed by atoms with Gasteiger partial charge in [-0.25, -0.2) is 4.98 Å². The average Bonchev–Trinajstić information content (AvgIpc) is 3.43. The number of hydrogen-bond donors (Lipinski definition) is 8. The van der Waals surface area contributed by atoms with Gasteiger partial charge in [-0.3, -0.25) is 25.4 Å². The molecule has 3 saturated heterocycles. The molecule has 1 spiro atoms. The van der Waals surface area contributed by atoms with Crippen molar-refractivity contribution in [2.75, 3.05) is 19.7 Å². The fraction of sp³-hybridized carbons (Fsp3) is 0.481. The number of aliphatic hydroxyl groups excluding tert-OH is 1. The first-order chi connectivity index (χ1) is 19.5. The number of carbonyl (C=O) groups is 2. The van der Waals surface area contributed by atoms with E-state index in [-0.39, 0.29) is 42.0 Å². The van der Waals surface area contributed by atoms with Crippen LogP contribution in [0.3, 0.4) is 0 Å². The molecule has 4 aliphatic heterocycles. The summed E-state index contributed by atoms with van der Waals surface area (Å²) in [7, 11) is 0. The van der Waals surface area contributed by atoms with Gasteiger partial charge in [0.25, 0.3) is 11.8 Å². The van der Waals surface area contributed by atoms with Crippen molar-refractivity contribution in [1.29, 1.82) is 10.8 Å². The van der Waals surface area contributed by atoms with Crippen LogP contribution in [0.15, 0.2) is 30.6 Å².